The highest BCUT2D eigenvalue weighted by Crippen LogP contribution is 2.28. The maximum atomic E-state index is 12.9. The zero-order valence-corrected chi connectivity index (χ0v) is 18.9. The Hall–Kier alpha value is -4.40. The Morgan fingerprint density at radius 2 is 2.00 bits per heavy atom. The first kappa shape index (κ1) is 23.3. The molecule has 3 rings (SSSR count). The number of carbonyl (C=O) groups is 1. The van der Waals surface area contributed by atoms with Crippen LogP contribution >= 0.6 is 0 Å². The van der Waals surface area contributed by atoms with Crippen LogP contribution in [0.1, 0.15) is 38.6 Å². The SMILES string of the molecule is C=C/C(=C\c1cc(C(=O)Nc2ccc(C(=N)c3c(C)ncnc3N)cc2OC)[nH]c1C)OC. The molecule has 0 spiro atoms. The van der Waals surface area contributed by atoms with Crippen LogP contribution in [0.15, 0.2) is 49.0 Å². The first-order chi connectivity index (χ1) is 15.8. The van der Waals surface area contributed by atoms with E-state index < -0.39 is 0 Å². The van der Waals surface area contributed by atoms with Gasteiger partial charge in [0.25, 0.3) is 5.91 Å². The topological polar surface area (TPSA) is 139 Å². The van der Waals surface area contributed by atoms with Gasteiger partial charge >= 0.3 is 0 Å². The second kappa shape index (κ2) is 9.82. The van der Waals surface area contributed by atoms with Crippen molar-refractivity contribution < 1.29 is 14.3 Å². The first-order valence-corrected chi connectivity index (χ1v) is 10.0. The molecule has 3 aromatic rings. The van der Waals surface area contributed by atoms with Gasteiger partial charge in [-0.2, -0.15) is 0 Å². The molecular formula is C24H26N6O3. The predicted octanol–water partition coefficient (Wildman–Crippen LogP) is 3.85. The number of H-pyrrole nitrogens is 1. The van der Waals surface area contributed by atoms with Crippen LogP contribution in [0.25, 0.3) is 6.08 Å². The second-order valence-electron chi connectivity index (χ2n) is 7.18. The number of nitrogens with one attached hydrogen (secondary N) is 3. The number of carbonyl (C=O) groups excluding carboxylic acids is 1. The summed E-state index contributed by atoms with van der Waals surface area (Å²) in [6, 6.07) is 6.76. The van der Waals surface area contributed by atoms with E-state index >= 15 is 0 Å². The standard InChI is InChI=1S/C24H26N6O3/c1-6-17(32-4)9-16-10-19(29-13(16)2)24(31)30-18-8-7-15(11-20(18)33-5)22(25)21-14(3)27-12-28-23(21)26/h6-12,25,29H,1H2,2-5H3,(H,30,31)(H2,26,27,28)/b17-9+,25-22?. The van der Waals surface area contributed by atoms with Gasteiger partial charge in [0.05, 0.1) is 36.9 Å². The molecule has 0 atom stereocenters. The number of benzene rings is 1. The monoisotopic (exact) mass is 446 g/mol. The molecule has 0 aliphatic heterocycles. The Labute approximate surface area is 191 Å². The zero-order valence-electron chi connectivity index (χ0n) is 18.9. The number of anilines is 2. The van der Waals surface area contributed by atoms with E-state index in [4.69, 9.17) is 20.6 Å². The number of aryl methyl sites for hydroxylation is 2. The minimum Gasteiger partial charge on any atom is -0.497 e. The van der Waals surface area contributed by atoms with Gasteiger partial charge in [0, 0.05) is 11.3 Å². The van der Waals surface area contributed by atoms with Crippen molar-refractivity contribution in [3.8, 4) is 5.75 Å². The lowest BCUT2D eigenvalue weighted by atomic mass is 10.0. The van der Waals surface area contributed by atoms with Gasteiger partial charge in [0.15, 0.2) is 0 Å². The number of aromatic nitrogens is 3. The normalized spacial score (nSPS) is 11.1. The van der Waals surface area contributed by atoms with Crippen molar-refractivity contribution in [1.29, 1.82) is 5.41 Å². The van der Waals surface area contributed by atoms with Crippen molar-refractivity contribution in [2.24, 2.45) is 0 Å². The highest BCUT2D eigenvalue weighted by molar-refractivity contribution is 6.14. The summed E-state index contributed by atoms with van der Waals surface area (Å²) in [5.41, 5.74) is 10.2. The summed E-state index contributed by atoms with van der Waals surface area (Å²) in [5, 5.41) is 11.4. The fourth-order valence-electron chi connectivity index (χ4n) is 3.29. The lowest BCUT2D eigenvalue weighted by molar-refractivity contribution is 0.102. The van der Waals surface area contributed by atoms with Crippen molar-refractivity contribution in [1.82, 2.24) is 15.0 Å². The second-order valence-corrected chi connectivity index (χ2v) is 7.18. The van der Waals surface area contributed by atoms with Crippen LogP contribution < -0.4 is 15.8 Å². The Balaban J connectivity index is 1.87. The van der Waals surface area contributed by atoms with Crippen molar-refractivity contribution in [2.45, 2.75) is 13.8 Å². The van der Waals surface area contributed by atoms with Gasteiger partial charge in [-0.1, -0.05) is 12.6 Å². The summed E-state index contributed by atoms with van der Waals surface area (Å²) >= 11 is 0. The Kier molecular flexibility index (Phi) is 6.92. The third-order valence-corrected chi connectivity index (χ3v) is 5.09. The molecule has 9 heteroatoms. The van der Waals surface area contributed by atoms with Crippen LogP contribution in [0.4, 0.5) is 11.5 Å². The number of nitrogens with zero attached hydrogens (tertiary/aromatic N) is 2. The number of amides is 1. The molecule has 1 amide bonds. The maximum Gasteiger partial charge on any atom is 0.272 e. The molecule has 2 aromatic heterocycles. The largest absolute Gasteiger partial charge is 0.497 e. The molecule has 33 heavy (non-hydrogen) atoms. The molecule has 0 unspecified atom stereocenters. The number of hydrogen-bond acceptors (Lipinski definition) is 7. The average molecular weight is 447 g/mol. The number of nitrogen functional groups attached to an aromatic ring is 1. The number of ether oxygens (including phenoxy) is 2. The average Bonchev–Trinajstić information content (AvgIpc) is 3.17. The molecule has 0 aliphatic carbocycles. The highest BCUT2D eigenvalue weighted by Gasteiger charge is 2.17. The third-order valence-electron chi connectivity index (χ3n) is 5.09. The van der Waals surface area contributed by atoms with Gasteiger partial charge in [0.2, 0.25) is 0 Å². The van der Waals surface area contributed by atoms with E-state index in [1.165, 1.54) is 13.4 Å². The first-order valence-electron chi connectivity index (χ1n) is 10.0. The Morgan fingerprint density at radius 1 is 1.24 bits per heavy atom. The summed E-state index contributed by atoms with van der Waals surface area (Å²) in [6.07, 6.45) is 4.74. The summed E-state index contributed by atoms with van der Waals surface area (Å²) in [6.45, 7) is 7.32. The van der Waals surface area contributed by atoms with Crippen LogP contribution in [-0.4, -0.2) is 40.8 Å². The summed E-state index contributed by atoms with van der Waals surface area (Å²) in [5.74, 6) is 0.871. The van der Waals surface area contributed by atoms with E-state index in [2.05, 4.69) is 26.8 Å². The lowest BCUT2D eigenvalue weighted by Crippen LogP contribution is -2.14. The van der Waals surface area contributed by atoms with Gasteiger partial charge in [0.1, 0.15) is 29.3 Å². The van der Waals surface area contributed by atoms with Gasteiger partial charge < -0.3 is 25.5 Å². The Morgan fingerprint density at radius 3 is 2.64 bits per heavy atom. The van der Waals surface area contributed by atoms with Crippen LogP contribution in [-0.2, 0) is 4.74 Å². The number of nitrogens with two attached hydrogens (primary N) is 1. The van der Waals surface area contributed by atoms with E-state index in [1.54, 1.807) is 50.5 Å². The number of rotatable bonds is 8. The zero-order chi connectivity index (χ0) is 24.1. The van der Waals surface area contributed by atoms with E-state index in [0.717, 1.165) is 11.3 Å². The van der Waals surface area contributed by atoms with Gasteiger partial charge in [-0.3, -0.25) is 10.2 Å². The van der Waals surface area contributed by atoms with Crippen molar-refractivity contribution in [3.05, 3.63) is 82.8 Å². The van der Waals surface area contributed by atoms with E-state index in [-0.39, 0.29) is 17.4 Å². The van der Waals surface area contributed by atoms with Crippen LogP contribution in [0.5, 0.6) is 5.75 Å². The van der Waals surface area contributed by atoms with Crippen molar-refractivity contribution >= 4 is 29.2 Å². The van der Waals surface area contributed by atoms with E-state index in [0.29, 0.717) is 39.7 Å². The van der Waals surface area contributed by atoms with Crippen molar-refractivity contribution in [2.75, 3.05) is 25.3 Å². The lowest BCUT2D eigenvalue weighted by Gasteiger charge is -2.13. The molecule has 5 N–H and O–H groups in total. The molecule has 0 bridgehead atoms. The van der Waals surface area contributed by atoms with Gasteiger partial charge in [-0.25, -0.2) is 9.97 Å². The minimum absolute atomic E-state index is 0.161. The number of allylic oxidation sites excluding steroid dienone is 1. The van der Waals surface area contributed by atoms with Gasteiger partial charge in [-0.05, 0) is 49.8 Å². The van der Waals surface area contributed by atoms with E-state index in [1.807, 2.05) is 6.92 Å². The fraction of sp³-hybridized carbons (Fsp3) is 0.167. The summed E-state index contributed by atoms with van der Waals surface area (Å²) < 4.78 is 10.7. The number of hydrogen-bond donors (Lipinski definition) is 4. The van der Waals surface area contributed by atoms with Crippen LogP contribution in [0.2, 0.25) is 0 Å². The molecule has 170 valence electrons. The smallest absolute Gasteiger partial charge is 0.272 e. The molecular weight excluding hydrogens is 420 g/mol. The van der Waals surface area contributed by atoms with E-state index in [9.17, 15) is 4.79 Å². The maximum absolute atomic E-state index is 12.9. The number of aromatic amines is 1. The fourth-order valence-corrected chi connectivity index (χ4v) is 3.29. The quantitative estimate of drug-likeness (QED) is 0.235. The number of methoxy groups -OCH3 is 2. The van der Waals surface area contributed by atoms with Gasteiger partial charge in [-0.15, -0.1) is 0 Å². The summed E-state index contributed by atoms with van der Waals surface area (Å²) in [4.78, 5) is 24.0. The third kappa shape index (κ3) is 4.93. The predicted molar refractivity (Wildman–Crippen MR) is 129 cm³/mol. The minimum atomic E-state index is -0.340. The van der Waals surface area contributed by atoms with Crippen molar-refractivity contribution in [3.63, 3.8) is 0 Å². The molecule has 0 saturated carbocycles. The molecule has 1 aromatic carbocycles. The molecule has 0 aliphatic rings. The Bertz CT molecular complexity index is 1240. The van der Waals surface area contributed by atoms with Crippen LogP contribution in [0, 0.1) is 19.3 Å². The summed E-state index contributed by atoms with van der Waals surface area (Å²) in [7, 11) is 3.05. The molecule has 0 radical (unpaired) electrons. The molecule has 2 heterocycles. The highest BCUT2D eigenvalue weighted by atomic mass is 16.5. The molecule has 0 saturated heterocycles. The molecule has 9 nitrogen and oxygen atoms in total. The van der Waals surface area contributed by atoms with Crippen LogP contribution in [0.3, 0.4) is 0 Å². The molecule has 0 fully saturated rings.